The number of hydrogen-bond acceptors (Lipinski definition) is 15. The number of hydrogen-bond donors (Lipinski definition) is 4. The highest BCUT2D eigenvalue weighted by atomic mass is 32.2. The third kappa shape index (κ3) is 13.8. The summed E-state index contributed by atoms with van der Waals surface area (Å²) in [5, 5.41) is 17.9. The van der Waals surface area contributed by atoms with Crippen molar-refractivity contribution in [3.05, 3.63) is 204 Å². The van der Waals surface area contributed by atoms with E-state index in [1.54, 1.807) is 69.6 Å². The molecular weight excluding hydrogens is 1030 g/mol. The van der Waals surface area contributed by atoms with Crippen molar-refractivity contribution in [1.29, 1.82) is 0 Å². The van der Waals surface area contributed by atoms with E-state index in [1.807, 2.05) is 43.3 Å². The molecule has 9 aromatic rings. The van der Waals surface area contributed by atoms with Crippen molar-refractivity contribution < 1.29 is 27.9 Å². The van der Waals surface area contributed by atoms with Crippen LogP contribution in [-0.2, 0) is 9.84 Å². The first-order chi connectivity index (χ1) is 38.6. The van der Waals surface area contributed by atoms with Gasteiger partial charge in [0.2, 0.25) is 0 Å². The Kier molecular flexibility index (Phi) is 15.9. The molecule has 0 radical (unpaired) electrons. The summed E-state index contributed by atoms with van der Waals surface area (Å²) in [6.07, 6.45) is 18.8. The summed E-state index contributed by atoms with van der Waals surface area (Å²) in [5.41, 5.74) is 9.98. The second kappa shape index (κ2) is 23.6. The molecule has 6 heterocycles. The minimum absolute atomic E-state index is 0.250. The number of phenolic OH excluding ortho intramolecular Hbond substituents is 1. The molecule has 0 atom stereocenters. The molecule has 3 aliphatic carbocycles. The number of rotatable bonds is 13. The van der Waals surface area contributed by atoms with Gasteiger partial charge in [-0.3, -0.25) is 14.4 Å². The minimum Gasteiger partial charge on any atom is -0.508 e. The Morgan fingerprint density at radius 1 is 0.450 bits per heavy atom. The van der Waals surface area contributed by atoms with Gasteiger partial charge in [-0.2, -0.15) is 0 Å². The predicted octanol–water partition coefficient (Wildman–Crippen LogP) is 11.0. The third-order valence-electron chi connectivity index (χ3n) is 13.5. The van der Waals surface area contributed by atoms with E-state index in [2.05, 4.69) is 91.1 Å². The van der Waals surface area contributed by atoms with E-state index in [0.29, 0.717) is 68.1 Å². The molecule has 3 fully saturated rings. The molecule has 0 unspecified atom stereocenters. The first-order valence-electron chi connectivity index (χ1n) is 26.1. The van der Waals surface area contributed by atoms with Crippen molar-refractivity contribution in [2.45, 2.75) is 88.2 Å². The van der Waals surface area contributed by atoms with E-state index in [4.69, 9.17) is 0 Å². The van der Waals surface area contributed by atoms with Crippen molar-refractivity contribution in [2.75, 3.05) is 16.0 Å². The highest BCUT2D eigenvalue weighted by Gasteiger charge is 2.37. The number of aromatic nitrogens is 9. The minimum atomic E-state index is -3.26. The zero-order valence-corrected chi connectivity index (χ0v) is 45.1. The maximum Gasteiger partial charge on any atom is 0.259 e. The molecule has 0 spiro atoms. The summed E-state index contributed by atoms with van der Waals surface area (Å²) < 4.78 is 25.0. The van der Waals surface area contributed by atoms with Crippen molar-refractivity contribution in [1.82, 2.24) is 44.9 Å². The van der Waals surface area contributed by atoms with Gasteiger partial charge in [0.15, 0.2) is 9.84 Å². The summed E-state index contributed by atoms with van der Waals surface area (Å²) >= 11 is 0. The SMILES string of the molecule is Cc1ncc(C(=O)Nc2ccc(-c3cc(O)cc(C4CC4)c3)cn2)cn1.Cc1ncc(C(=O)Nc2ccc(-c3cccc(C4CC4)c3)cn2)cn1.Cc1ncc(C(=O)Nc2ccc(-c3cccc(S(=O)(=O)C4CC4)c3)c(C)n2)cn1. The number of anilines is 3. The van der Waals surface area contributed by atoms with Gasteiger partial charge in [-0.05, 0) is 167 Å². The number of aryl methyl sites for hydroxylation is 4. The van der Waals surface area contributed by atoms with Gasteiger partial charge in [0.1, 0.15) is 40.7 Å². The Bertz CT molecular complexity index is 3840. The van der Waals surface area contributed by atoms with Gasteiger partial charge in [0.05, 0.1) is 26.8 Å². The van der Waals surface area contributed by atoms with Crippen LogP contribution in [0.4, 0.5) is 17.5 Å². The first-order valence-corrected chi connectivity index (χ1v) is 27.7. The number of pyridine rings is 3. The maximum atomic E-state index is 12.5. The summed E-state index contributed by atoms with van der Waals surface area (Å²) in [4.78, 5) is 74.3. The van der Waals surface area contributed by atoms with Gasteiger partial charge in [0.25, 0.3) is 17.7 Å². The van der Waals surface area contributed by atoms with E-state index in [-0.39, 0.29) is 28.7 Å². The van der Waals surface area contributed by atoms with Crippen LogP contribution in [0.2, 0.25) is 0 Å². The number of carbonyl (C=O) groups excluding carboxylic acids is 3. The molecule has 12 rings (SSSR count). The van der Waals surface area contributed by atoms with Crippen LogP contribution >= 0.6 is 0 Å². The van der Waals surface area contributed by atoms with Crippen molar-refractivity contribution in [3.8, 4) is 39.1 Å². The molecule has 3 aliphatic rings. The highest BCUT2D eigenvalue weighted by molar-refractivity contribution is 7.92. The van der Waals surface area contributed by atoms with Crippen LogP contribution in [0.15, 0.2) is 158 Å². The largest absolute Gasteiger partial charge is 0.508 e. The molecule has 3 amide bonds. The van der Waals surface area contributed by atoms with Crippen molar-refractivity contribution in [2.24, 2.45) is 0 Å². The fourth-order valence-electron chi connectivity index (χ4n) is 8.56. The molecule has 402 valence electrons. The Morgan fingerprint density at radius 3 is 1.40 bits per heavy atom. The van der Waals surface area contributed by atoms with Crippen LogP contribution in [0, 0.1) is 27.7 Å². The van der Waals surface area contributed by atoms with Gasteiger partial charge in [0, 0.05) is 72.0 Å². The number of sulfone groups is 1. The van der Waals surface area contributed by atoms with Crippen LogP contribution in [0.25, 0.3) is 33.4 Å². The third-order valence-corrected chi connectivity index (χ3v) is 15.8. The summed E-state index contributed by atoms with van der Waals surface area (Å²) in [6.45, 7) is 7.11. The average molecular weight is 1090 g/mol. The fraction of sp³-hybridized carbons (Fsp3) is 0.213. The Morgan fingerprint density at radius 2 is 0.912 bits per heavy atom. The number of amides is 3. The predicted molar refractivity (Wildman–Crippen MR) is 304 cm³/mol. The van der Waals surface area contributed by atoms with Gasteiger partial charge < -0.3 is 21.1 Å². The van der Waals surface area contributed by atoms with Gasteiger partial charge in [-0.15, -0.1) is 0 Å². The zero-order chi connectivity index (χ0) is 55.9. The molecule has 6 aromatic heterocycles. The smallest absolute Gasteiger partial charge is 0.259 e. The topological polar surface area (TPSA) is 258 Å². The number of carbonyl (C=O) groups is 3. The summed E-state index contributed by atoms with van der Waals surface area (Å²) in [7, 11) is -3.26. The van der Waals surface area contributed by atoms with E-state index < -0.39 is 9.84 Å². The molecule has 19 heteroatoms. The van der Waals surface area contributed by atoms with Crippen molar-refractivity contribution >= 4 is 45.0 Å². The second-order valence-electron chi connectivity index (χ2n) is 19.9. The number of phenols is 1. The fourth-order valence-corrected chi connectivity index (χ4v) is 10.3. The van der Waals surface area contributed by atoms with Crippen molar-refractivity contribution in [3.63, 3.8) is 0 Å². The van der Waals surface area contributed by atoms with Gasteiger partial charge >= 0.3 is 0 Å². The Labute approximate surface area is 462 Å². The zero-order valence-electron chi connectivity index (χ0n) is 44.3. The lowest BCUT2D eigenvalue weighted by Gasteiger charge is -2.11. The molecule has 0 saturated heterocycles. The summed E-state index contributed by atoms with van der Waals surface area (Å²) in [6, 6.07) is 32.1. The normalized spacial score (nSPS) is 13.6. The lowest BCUT2D eigenvalue weighted by molar-refractivity contribution is 0.101. The first kappa shape index (κ1) is 53.9. The molecule has 0 bridgehead atoms. The van der Waals surface area contributed by atoms with Gasteiger partial charge in [-0.1, -0.05) is 42.5 Å². The van der Waals surface area contributed by atoms with E-state index in [9.17, 15) is 27.9 Å². The maximum absolute atomic E-state index is 12.5. The lowest BCUT2D eigenvalue weighted by atomic mass is 10.0. The van der Waals surface area contributed by atoms with Crippen LogP contribution in [0.5, 0.6) is 5.75 Å². The molecule has 3 saturated carbocycles. The van der Waals surface area contributed by atoms with E-state index >= 15 is 0 Å². The Balaban J connectivity index is 0.000000135. The van der Waals surface area contributed by atoms with Crippen LogP contribution in [-0.4, -0.2) is 81.4 Å². The Hall–Kier alpha value is -9.49. The van der Waals surface area contributed by atoms with E-state index in [1.165, 1.54) is 68.4 Å². The molecular formula is C61H56N12O6S. The summed E-state index contributed by atoms with van der Waals surface area (Å²) in [5.74, 6) is 3.82. The molecule has 3 aromatic carbocycles. The standard InChI is InChI=1S/C21H20N4O3S.C20H18N4O2.C20H18N4O/c1-13-19(15-4-3-5-18(10-15)29(27,28)17-6-7-17)8-9-20(24-13)25-21(26)16-11-22-14(2)23-12-16;1-12-21-10-17(11-22-12)20(26)24-19-5-4-14(9-23-19)16-6-15(13-2-3-13)7-18(25)8-16;1-13-21-11-18(12-22-13)20(25)24-19-8-7-17(10-23-19)16-4-2-3-15(9-16)14-5-6-14/h3-5,8-12,17H,6-7H2,1-2H3,(H,24,25,26);4-11,13,25H,2-3H2,1H3,(H,23,24,26);2-4,7-12,14H,5-6H2,1H3,(H,23,24,25). The average Bonchev–Trinajstić information content (AvgIpc) is 4.31. The van der Waals surface area contributed by atoms with Gasteiger partial charge in [-0.25, -0.2) is 53.3 Å². The lowest BCUT2D eigenvalue weighted by Crippen LogP contribution is -2.14. The van der Waals surface area contributed by atoms with Crippen LogP contribution < -0.4 is 16.0 Å². The second-order valence-corrected chi connectivity index (χ2v) is 22.1. The monoisotopic (exact) mass is 1080 g/mol. The number of nitrogens with one attached hydrogen (secondary N) is 3. The number of aromatic hydroxyl groups is 1. The van der Waals surface area contributed by atoms with Crippen LogP contribution in [0.1, 0.15) is 116 Å². The highest BCUT2D eigenvalue weighted by Crippen LogP contribution is 2.43. The van der Waals surface area contributed by atoms with Crippen LogP contribution in [0.3, 0.4) is 0 Å². The molecule has 80 heavy (non-hydrogen) atoms. The number of nitrogens with zero attached hydrogens (tertiary/aromatic N) is 9. The van der Waals surface area contributed by atoms with E-state index in [0.717, 1.165) is 57.7 Å². The molecule has 4 N–H and O–H groups in total. The number of benzene rings is 3. The molecule has 18 nitrogen and oxygen atoms in total. The quantitative estimate of drug-likeness (QED) is 0.0837. The molecule has 0 aliphatic heterocycles.